The van der Waals surface area contributed by atoms with Crippen molar-refractivity contribution in [3.63, 3.8) is 0 Å². The molecule has 0 saturated carbocycles. The summed E-state index contributed by atoms with van der Waals surface area (Å²) in [6.07, 6.45) is 0. The van der Waals surface area contributed by atoms with Gasteiger partial charge in [-0.2, -0.15) is 0 Å². The van der Waals surface area contributed by atoms with E-state index < -0.39 is 0 Å². The maximum absolute atomic E-state index is 3.13. The topological polar surface area (TPSA) is 27.3 Å². The number of benzene rings is 1. The van der Waals surface area contributed by atoms with Crippen LogP contribution in [-0.4, -0.2) is 7.05 Å². The number of fused-ring (bicyclic) bond motifs is 1. The Labute approximate surface area is 72.3 Å². The van der Waals surface area contributed by atoms with Crippen LogP contribution in [0.3, 0.4) is 0 Å². The molecule has 0 unspecified atom stereocenters. The predicted molar refractivity (Wildman–Crippen MR) is 51.1 cm³/mol. The number of rotatable bonds is 0. The van der Waals surface area contributed by atoms with Gasteiger partial charge in [0.15, 0.2) is 0 Å². The minimum Gasteiger partial charge on any atom is -0.301 e. The van der Waals surface area contributed by atoms with Gasteiger partial charge < -0.3 is 5.43 Å². The Balaban J connectivity index is 2.64. The summed E-state index contributed by atoms with van der Waals surface area (Å²) in [7, 11) is 2.01. The van der Waals surface area contributed by atoms with Gasteiger partial charge in [-0.1, -0.05) is 12.1 Å². The molecule has 12 heavy (non-hydrogen) atoms. The number of hydrazine groups is 2. The monoisotopic (exact) mass is 163 g/mol. The first kappa shape index (κ1) is 7.43. The highest BCUT2D eigenvalue weighted by molar-refractivity contribution is 5.78. The first-order valence-corrected chi connectivity index (χ1v) is 4.06. The van der Waals surface area contributed by atoms with Gasteiger partial charge in [-0.3, -0.25) is 5.01 Å². The summed E-state index contributed by atoms with van der Waals surface area (Å²) < 4.78 is 0. The Morgan fingerprint density at radius 1 is 1.17 bits per heavy atom. The quantitative estimate of drug-likeness (QED) is 0.608. The number of hydrogen-bond donors (Lipinski definition) is 2. The van der Waals surface area contributed by atoms with E-state index in [0.29, 0.717) is 0 Å². The van der Waals surface area contributed by atoms with Crippen molar-refractivity contribution in [2.24, 2.45) is 0 Å². The molecule has 0 aliphatic carbocycles. The normalized spacial score (nSPS) is 14.4. The van der Waals surface area contributed by atoms with Crippen LogP contribution in [-0.2, 0) is 0 Å². The van der Waals surface area contributed by atoms with Crippen LogP contribution in [0.5, 0.6) is 0 Å². The first-order valence-electron chi connectivity index (χ1n) is 4.06. The van der Waals surface area contributed by atoms with E-state index in [4.69, 9.17) is 0 Å². The van der Waals surface area contributed by atoms with Crippen molar-refractivity contribution in [1.29, 1.82) is 0 Å². The average molecular weight is 163 g/mol. The van der Waals surface area contributed by atoms with Crippen LogP contribution < -0.4 is 16.0 Å². The van der Waals surface area contributed by atoms with Gasteiger partial charge in [-0.05, 0) is 25.0 Å². The molecule has 1 heterocycles. The van der Waals surface area contributed by atoms with E-state index >= 15 is 0 Å². The number of nitrogens with one attached hydrogen (secondary N) is 2. The summed E-state index contributed by atoms with van der Waals surface area (Å²) in [4.78, 5) is 0. The minimum absolute atomic E-state index is 1.19. The largest absolute Gasteiger partial charge is 0.301 e. The van der Waals surface area contributed by atoms with Gasteiger partial charge in [-0.25, -0.2) is 0 Å². The summed E-state index contributed by atoms with van der Waals surface area (Å²) in [6, 6.07) is 4.27. The minimum atomic E-state index is 1.19. The molecular weight excluding hydrogens is 150 g/mol. The fourth-order valence-corrected chi connectivity index (χ4v) is 1.58. The third-order valence-corrected chi connectivity index (χ3v) is 2.27. The van der Waals surface area contributed by atoms with Gasteiger partial charge in [0.2, 0.25) is 0 Å². The Hall–Kier alpha value is -1.22. The zero-order chi connectivity index (χ0) is 8.72. The smallest absolute Gasteiger partial charge is 0.0811 e. The van der Waals surface area contributed by atoms with E-state index in [-0.39, 0.29) is 0 Å². The van der Waals surface area contributed by atoms with Crippen LogP contribution in [0.2, 0.25) is 0 Å². The van der Waals surface area contributed by atoms with Crippen molar-refractivity contribution in [3.8, 4) is 0 Å². The van der Waals surface area contributed by atoms with Crippen LogP contribution >= 0.6 is 0 Å². The molecule has 64 valence electrons. The molecule has 1 aromatic rings. The molecule has 0 bridgehead atoms. The molecule has 3 nitrogen and oxygen atoms in total. The van der Waals surface area contributed by atoms with Gasteiger partial charge in [0.1, 0.15) is 0 Å². The highest BCUT2D eigenvalue weighted by Gasteiger charge is 2.18. The Bertz CT molecular complexity index is 320. The second kappa shape index (κ2) is 2.38. The van der Waals surface area contributed by atoms with Crippen LogP contribution in [0.15, 0.2) is 12.1 Å². The summed E-state index contributed by atoms with van der Waals surface area (Å²) in [5, 5.41) is 2.00. The maximum Gasteiger partial charge on any atom is 0.0811 e. The predicted octanol–water partition coefficient (Wildman–Crippen LogP) is 1.58. The van der Waals surface area contributed by atoms with Crippen molar-refractivity contribution < 1.29 is 0 Å². The molecule has 2 N–H and O–H groups in total. The second-order valence-electron chi connectivity index (χ2n) is 3.22. The highest BCUT2D eigenvalue weighted by Crippen LogP contribution is 2.33. The number of nitrogens with zero attached hydrogens (tertiary/aromatic N) is 1. The molecule has 0 saturated heterocycles. The molecule has 2 rings (SSSR count). The maximum atomic E-state index is 3.13. The van der Waals surface area contributed by atoms with Crippen molar-refractivity contribution in [2.75, 3.05) is 17.5 Å². The molecule has 1 aliphatic heterocycles. The van der Waals surface area contributed by atoms with Gasteiger partial charge >= 0.3 is 0 Å². The van der Waals surface area contributed by atoms with Crippen molar-refractivity contribution in [2.45, 2.75) is 13.8 Å². The highest BCUT2D eigenvalue weighted by atomic mass is 15.7. The zero-order valence-corrected chi connectivity index (χ0v) is 7.60. The summed E-state index contributed by atoms with van der Waals surface area (Å²) in [6.45, 7) is 4.22. The number of anilines is 2. The van der Waals surface area contributed by atoms with Crippen molar-refractivity contribution in [3.05, 3.63) is 23.3 Å². The first-order chi connectivity index (χ1) is 5.70. The van der Waals surface area contributed by atoms with E-state index in [9.17, 15) is 0 Å². The van der Waals surface area contributed by atoms with Gasteiger partial charge in [0.05, 0.1) is 11.4 Å². The van der Waals surface area contributed by atoms with Gasteiger partial charge in [0, 0.05) is 7.05 Å². The van der Waals surface area contributed by atoms with Crippen LogP contribution in [0.1, 0.15) is 11.1 Å². The van der Waals surface area contributed by atoms with E-state index in [1.165, 1.54) is 22.5 Å². The summed E-state index contributed by atoms with van der Waals surface area (Å²) in [5.74, 6) is 0. The molecule has 1 aliphatic rings. The van der Waals surface area contributed by atoms with E-state index in [1.807, 2.05) is 12.1 Å². The lowest BCUT2D eigenvalue weighted by Gasteiger charge is -2.12. The molecule has 1 aromatic carbocycles. The number of hydrogen-bond acceptors (Lipinski definition) is 3. The molecule has 0 atom stereocenters. The lowest BCUT2D eigenvalue weighted by Crippen LogP contribution is -2.31. The Kier molecular flexibility index (Phi) is 1.48. The molecule has 3 heteroatoms. The molecule has 0 spiro atoms. The van der Waals surface area contributed by atoms with Crippen molar-refractivity contribution >= 4 is 11.4 Å². The standard InChI is InChI=1S/C9H13N3/c1-6-4-5-7(2)9-8(6)10-11-12(9)3/h4-5,10-11H,1-3H3. The second-order valence-corrected chi connectivity index (χ2v) is 3.22. The van der Waals surface area contributed by atoms with E-state index in [1.54, 1.807) is 0 Å². The molecule has 0 fully saturated rings. The van der Waals surface area contributed by atoms with Crippen LogP contribution in [0, 0.1) is 13.8 Å². The molecular formula is C9H13N3. The number of aryl methyl sites for hydroxylation is 2. The zero-order valence-electron chi connectivity index (χ0n) is 7.60. The Morgan fingerprint density at radius 2 is 1.83 bits per heavy atom. The van der Waals surface area contributed by atoms with Crippen LogP contribution in [0.4, 0.5) is 11.4 Å². The lowest BCUT2D eigenvalue weighted by molar-refractivity contribution is 0.818. The average Bonchev–Trinajstić information content (AvgIpc) is 2.42. The summed E-state index contributed by atoms with van der Waals surface area (Å²) >= 11 is 0. The molecule has 0 aromatic heterocycles. The van der Waals surface area contributed by atoms with E-state index in [2.05, 4.69) is 36.9 Å². The van der Waals surface area contributed by atoms with Crippen LogP contribution in [0.25, 0.3) is 0 Å². The fraction of sp³-hybridized carbons (Fsp3) is 0.333. The Morgan fingerprint density at radius 3 is 2.50 bits per heavy atom. The third-order valence-electron chi connectivity index (χ3n) is 2.27. The molecule has 0 radical (unpaired) electrons. The lowest BCUT2D eigenvalue weighted by atomic mass is 10.1. The van der Waals surface area contributed by atoms with Gasteiger partial charge in [-0.15, -0.1) is 5.53 Å². The molecule has 0 amide bonds. The summed E-state index contributed by atoms with van der Waals surface area (Å²) in [5.41, 5.74) is 11.2. The van der Waals surface area contributed by atoms with E-state index in [0.717, 1.165) is 0 Å². The van der Waals surface area contributed by atoms with Crippen molar-refractivity contribution in [1.82, 2.24) is 5.53 Å². The van der Waals surface area contributed by atoms with Gasteiger partial charge in [0.25, 0.3) is 0 Å². The third kappa shape index (κ3) is 0.865. The SMILES string of the molecule is Cc1ccc(C)c2c1NNN2C. The fourth-order valence-electron chi connectivity index (χ4n) is 1.58.